The van der Waals surface area contributed by atoms with E-state index in [-0.39, 0.29) is 0 Å². The van der Waals surface area contributed by atoms with Gasteiger partial charge in [-0.2, -0.15) is 0 Å². The highest BCUT2D eigenvalue weighted by atomic mass is 16.3. The van der Waals surface area contributed by atoms with E-state index in [2.05, 4.69) is 190 Å². The predicted molar refractivity (Wildman–Crippen MR) is 217 cm³/mol. The zero-order chi connectivity index (χ0) is 33.9. The molecule has 0 amide bonds. The standard InChI is InChI=1S/C48H29N3O/c1-2-12-30(13-3-1)51-44-25-22-31(49-40-18-8-4-14-33(40)34-15-5-9-19-41(34)49)28-38(44)37-24-27-46-47(48(37)51)39-29-32(23-26-45(39)52-46)50-42-20-10-6-16-35(42)36-17-7-11-21-43(36)50/h1-29H. The average Bonchev–Trinajstić information content (AvgIpc) is 3.94. The molecule has 0 saturated heterocycles. The van der Waals surface area contributed by atoms with Crippen LogP contribution in [0.25, 0.3) is 104 Å². The zero-order valence-electron chi connectivity index (χ0n) is 28.0. The molecule has 0 aliphatic carbocycles. The molecule has 0 atom stereocenters. The monoisotopic (exact) mass is 663 g/mol. The summed E-state index contributed by atoms with van der Waals surface area (Å²) in [5.74, 6) is 0. The third-order valence-corrected chi connectivity index (χ3v) is 11.0. The molecule has 12 rings (SSSR count). The van der Waals surface area contributed by atoms with E-state index < -0.39 is 0 Å². The second kappa shape index (κ2) is 10.3. The highest BCUT2D eigenvalue weighted by Gasteiger charge is 2.22. The van der Waals surface area contributed by atoms with Gasteiger partial charge in [-0.1, -0.05) is 91.0 Å². The van der Waals surface area contributed by atoms with Crippen LogP contribution in [0.2, 0.25) is 0 Å². The summed E-state index contributed by atoms with van der Waals surface area (Å²) in [5.41, 5.74) is 12.2. The third kappa shape index (κ3) is 3.65. The fourth-order valence-electron chi connectivity index (χ4n) is 8.87. The van der Waals surface area contributed by atoms with Crippen LogP contribution in [0.5, 0.6) is 0 Å². The lowest BCUT2D eigenvalue weighted by atomic mass is 10.1. The van der Waals surface area contributed by atoms with Crippen molar-refractivity contribution in [2.75, 3.05) is 0 Å². The van der Waals surface area contributed by atoms with Crippen molar-refractivity contribution >= 4 is 87.4 Å². The van der Waals surface area contributed by atoms with Gasteiger partial charge in [0.2, 0.25) is 0 Å². The van der Waals surface area contributed by atoms with E-state index in [0.717, 1.165) is 50.0 Å². The molecule has 0 aliphatic heterocycles. The van der Waals surface area contributed by atoms with Gasteiger partial charge in [-0.05, 0) is 84.9 Å². The molecule has 0 spiro atoms. The fourth-order valence-corrected chi connectivity index (χ4v) is 8.87. The Labute approximate surface area is 297 Å². The Morgan fingerprint density at radius 3 is 1.33 bits per heavy atom. The number of aromatic nitrogens is 3. The molecule has 4 heteroatoms. The van der Waals surface area contributed by atoms with Gasteiger partial charge in [-0.3, -0.25) is 0 Å². The molecule has 242 valence electrons. The molecule has 8 aromatic carbocycles. The van der Waals surface area contributed by atoms with Gasteiger partial charge in [-0.15, -0.1) is 0 Å². The summed E-state index contributed by atoms with van der Waals surface area (Å²) in [6, 6.07) is 63.5. The van der Waals surface area contributed by atoms with Crippen LogP contribution in [0.3, 0.4) is 0 Å². The van der Waals surface area contributed by atoms with Crippen LogP contribution in [0, 0.1) is 0 Å². The summed E-state index contributed by atoms with van der Waals surface area (Å²) >= 11 is 0. The Morgan fingerprint density at radius 2 is 0.750 bits per heavy atom. The Hall–Kier alpha value is -7.04. The second-order valence-corrected chi connectivity index (χ2v) is 13.7. The van der Waals surface area contributed by atoms with E-state index in [0.29, 0.717) is 0 Å². The van der Waals surface area contributed by atoms with Crippen LogP contribution in [-0.4, -0.2) is 13.7 Å². The molecular formula is C48H29N3O. The molecule has 0 aliphatic rings. The molecule has 4 aromatic heterocycles. The van der Waals surface area contributed by atoms with Gasteiger partial charge in [-0.25, -0.2) is 0 Å². The molecule has 0 saturated carbocycles. The topological polar surface area (TPSA) is 27.9 Å². The van der Waals surface area contributed by atoms with E-state index >= 15 is 0 Å². The molecule has 0 radical (unpaired) electrons. The SMILES string of the molecule is c1ccc(-n2c3ccc(-n4c5ccccc5c5ccccc54)cc3c3ccc4oc5ccc(-n6c7ccccc7c7ccccc76)cc5c4c32)cc1. The molecule has 0 N–H and O–H groups in total. The van der Waals surface area contributed by atoms with Crippen molar-refractivity contribution in [2.24, 2.45) is 0 Å². The maximum absolute atomic E-state index is 6.65. The van der Waals surface area contributed by atoms with E-state index in [1.165, 1.54) is 54.4 Å². The Bertz CT molecular complexity index is 3300. The van der Waals surface area contributed by atoms with Crippen molar-refractivity contribution in [3.8, 4) is 17.1 Å². The molecule has 12 aromatic rings. The third-order valence-electron chi connectivity index (χ3n) is 11.0. The lowest BCUT2D eigenvalue weighted by Gasteiger charge is -2.11. The molecular weight excluding hydrogens is 635 g/mol. The largest absolute Gasteiger partial charge is 0.456 e. The minimum absolute atomic E-state index is 0.878. The summed E-state index contributed by atoms with van der Waals surface area (Å²) in [6.07, 6.45) is 0. The van der Waals surface area contributed by atoms with Gasteiger partial charge in [0.25, 0.3) is 0 Å². The van der Waals surface area contributed by atoms with Crippen LogP contribution < -0.4 is 0 Å². The summed E-state index contributed by atoms with van der Waals surface area (Å²) in [4.78, 5) is 0. The van der Waals surface area contributed by atoms with E-state index in [4.69, 9.17) is 4.42 Å². The minimum Gasteiger partial charge on any atom is -0.456 e. The first-order chi connectivity index (χ1) is 25.8. The normalized spacial score (nSPS) is 12.2. The maximum atomic E-state index is 6.65. The van der Waals surface area contributed by atoms with Gasteiger partial charge >= 0.3 is 0 Å². The maximum Gasteiger partial charge on any atom is 0.137 e. The molecule has 0 bridgehead atoms. The van der Waals surface area contributed by atoms with Gasteiger partial charge in [0.05, 0.1) is 38.5 Å². The number of benzene rings is 8. The van der Waals surface area contributed by atoms with Crippen molar-refractivity contribution in [2.45, 2.75) is 0 Å². The first kappa shape index (κ1) is 27.7. The lowest BCUT2D eigenvalue weighted by molar-refractivity contribution is 0.669. The molecule has 0 unspecified atom stereocenters. The number of hydrogen-bond acceptors (Lipinski definition) is 1. The van der Waals surface area contributed by atoms with Crippen molar-refractivity contribution in [3.05, 3.63) is 176 Å². The summed E-state index contributed by atoms with van der Waals surface area (Å²) in [6.45, 7) is 0. The Morgan fingerprint density at radius 1 is 0.288 bits per heavy atom. The summed E-state index contributed by atoms with van der Waals surface area (Å²) in [7, 11) is 0. The number of fused-ring (bicyclic) bond motifs is 13. The van der Waals surface area contributed by atoms with E-state index in [1.807, 2.05) is 0 Å². The first-order valence-electron chi connectivity index (χ1n) is 17.8. The van der Waals surface area contributed by atoms with Crippen molar-refractivity contribution in [1.29, 1.82) is 0 Å². The van der Waals surface area contributed by atoms with Crippen LogP contribution in [0.4, 0.5) is 0 Å². The van der Waals surface area contributed by atoms with Gasteiger partial charge < -0.3 is 18.1 Å². The molecule has 52 heavy (non-hydrogen) atoms. The van der Waals surface area contributed by atoms with E-state index in [9.17, 15) is 0 Å². The zero-order valence-corrected chi connectivity index (χ0v) is 28.0. The van der Waals surface area contributed by atoms with Crippen LogP contribution >= 0.6 is 0 Å². The first-order valence-corrected chi connectivity index (χ1v) is 17.8. The van der Waals surface area contributed by atoms with Gasteiger partial charge in [0.1, 0.15) is 11.2 Å². The number of para-hydroxylation sites is 5. The van der Waals surface area contributed by atoms with Crippen LogP contribution in [0.1, 0.15) is 0 Å². The fraction of sp³-hybridized carbons (Fsp3) is 0. The number of rotatable bonds is 3. The number of nitrogens with zero attached hydrogens (tertiary/aromatic N) is 3. The number of hydrogen-bond donors (Lipinski definition) is 0. The smallest absolute Gasteiger partial charge is 0.137 e. The summed E-state index contributed by atoms with van der Waals surface area (Å²) in [5, 5.41) is 9.64. The highest BCUT2D eigenvalue weighted by Crippen LogP contribution is 2.43. The van der Waals surface area contributed by atoms with Crippen LogP contribution in [0.15, 0.2) is 180 Å². The predicted octanol–water partition coefficient (Wildman–Crippen LogP) is 12.9. The van der Waals surface area contributed by atoms with Crippen molar-refractivity contribution < 1.29 is 4.42 Å². The lowest BCUT2D eigenvalue weighted by Crippen LogP contribution is -1.96. The Balaban J connectivity index is 1.19. The minimum atomic E-state index is 0.878. The highest BCUT2D eigenvalue weighted by molar-refractivity contribution is 6.25. The number of furan rings is 1. The van der Waals surface area contributed by atoms with E-state index in [1.54, 1.807) is 0 Å². The Kier molecular flexibility index (Phi) is 5.47. The van der Waals surface area contributed by atoms with Crippen molar-refractivity contribution in [3.63, 3.8) is 0 Å². The summed E-state index contributed by atoms with van der Waals surface area (Å²) < 4.78 is 13.9. The molecule has 4 nitrogen and oxygen atoms in total. The second-order valence-electron chi connectivity index (χ2n) is 13.7. The average molecular weight is 664 g/mol. The molecule has 4 heterocycles. The quantitative estimate of drug-likeness (QED) is 0.185. The van der Waals surface area contributed by atoms with Gasteiger partial charge in [0, 0.05) is 54.8 Å². The van der Waals surface area contributed by atoms with Gasteiger partial charge in [0.15, 0.2) is 0 Å². The molecule has 0 fully saturated rings. The van der Waals surface area contributed by atoms with Crippen LogP contribution in [-0.2, 0) is 0 Å². The van der Waals surface area contributed by atoms with Crippen molar-refractivity contribution in [1.82, 2.24) is 13.7 Å².